The summed E-state index contributed by atoms with van der Waals surface area (Å²) in [6.45, 7) is 2.03. The van der Waals surface area contributed by atoms with Crippen molar-refractivity contribution in [2.24, 2.45) is 5.92 Å². The maximum absolute atomic E-state index is 13.8. The lowest BCUT2D eigenvalue weighted by Crippen LogP contribution is -2.49. The zero-order valence-electron chi connectivity index (χ0n) is 16.6. The Hall–Kier alpha value is -2.00. The molecule has 6 nitrogen and oxygen atoms in total. The molecular weight excluding hydrogens is 466 g/mol. The number of amides is 1. The summed E-state index contributed by atoms with van der Waals surface area (Å²) < 4.78 is 40.9. The summed E-state index contributed by atoms with van der Waals surface area (Å²) in [5, 5.41) is 0.668. The second kappa shape index (κ2) is 9.65. The first kappa shape index (κ1) is 23.7. The molecular formula is C21H21Cl2FN2O4S. The van der Waals surface area contributed by atoms with Gasteiger partial charge in [0.1, 0.15) is 10.7 Å². The number of hydrogen-bond acceptors (Lipinski definition) is 4. The van der Waals surface area contributed by atoms with Crippen LogP contribution >= 0.6 is 23.2 Å². The third-order valence-corrected chi connectivity index (χ3v) is 7.52. The minimum Gasteiger partial charge on any atom is -0.341 e. The molecule has 2 aromatic carbocycles. The van der Waals surface area contributed by atoms with E-state index in [2.05, 4.69) is 4.72 Å². The quantitative estimate of drug-likeness (QED) is 0.627. The van der Waals surface area contributed by atoms with Crippen LogP contribution in [0.3, 0.4) is 0 Å². The van der Waals surface area contributed by atoms with Crippen LogP contribution < -0.4 is 4.72 Å². The van der Waals surface area contributed by atoms with Crippen molar-refractivity contribution >= 4 is 44.9 Å². The predicted molar refractivity (Wildman–Crippen MR) is 116 cm³/mol. The first-order chi connectivity index (χ1) is 14.6. The third-order valence-electron chi connectivity index (χ3n) is 5.21. The van der Waals surface area contributed by atoms with Crippen LogP contribution in [0.4, 0.5) is 4.39 Å². The van der Waals surface area contributed by atoms with Crippen molar-refractivity contribution < 1.29 is 22.4 Å². The molecule has 166 valence electrons. The van der Waals surface area contributed by atoms with Crippen LogP contribution in [0.25, 0.3) is 0 Å². The molecule has 0 bridgehead atoms. The van der Waals surface area contributed by atoms with E-state index in [1.165, 1.54) is 30.0 Å². The normalized spacial score (nSPS) is 16.2. The molecule has 1 N–H and O–H groups in total. The smallest absolute Gasteiger partial charge is 0.244 e. The number of carbonyl (C=O) groups is 2. The van der Waals surface area contributed by atoms with E-state index in [1.54, 1.807) is 12.1 Å². The van der Waals surface area contributed by atoms with Crippen LogP contribution in [-0.2, 0) is 14.8 Å². The number of halogens is 3. The highest BCUT2D eigenvalue weighted by molar-refractivity contribution is 7.89. The summed E-state index contributed by atoms with van der Waals surface area (Å²) in [7, 11) is -4.19. The van der Waals surface area contributed by atoms with Gasteiger partial charge in [0.2, 0.25) is 15.9 Å². The van der Waals surface area contributed by atoms with E-state index in [9.17, 15) is 22.4 Å². The lowest BCUT2D eigenvalue weighted by Gasteiger charge is -2.33. The van der Waals surface area contributed by atoms with E-state index in [-0.39, 0.29) is 11.7 Å². The minimum atomic E-state index is -4.19. The third kappa shape index (κ3) is 5.44. The summed E-state index contributed by atoms with van der Waals surface area (Å²) in [6.07, 6.45) is 0.884. The zero-order chi connectivity index (χ0) is 22.8. The van der Waals surface area contributed by atoms with Crippen LogP contribution in [0.1, 0.15) is 30.1 Å². The highest BCUT2D eigenvalue weighted by Gasteiger charge is 2.32. The molecule has 31 heavy (non-hydrogen) atoms. The maximum Gasteiger partial charge on any atom is 0.244 e. The van der Waals surface area contributed by atoms with E-state index in [4.69, 9.17) is 23.2 Å². The molecule has 1 fully saturated rings. The average molecular weight is 487 g/mol. The number of hydrogen-bond donors (Lipinski definition) is 1. The van der Waals surface area contributed by atoms with Crippen LogP contribution in [0.15, 0.2) is 47.4 Å². The van der Waals surface area contributed by atoms with Gasteiger partial charge in [-0.1, -0.05) is 35.3 Å². The Kier molecular flexibility index (Phi) is 7.36. The van der Waals surface area contributed by atoms with Crippen molar-refractivity contribution in [1.82, 2.24) is 9.62 Å². The largest absolute Gasteiger partial charge is 0.341 e. The Bertz CT molecular complexity index is 1100. The fourth-order valence-corrected chi connectivity index (χ4v) is 5.10. The Morgan fingerprint density at radius 1 is 1.10 bits per heavy atom. The number of nitrogens with zero attached hydrogens (tertiary/aromatic N) is 1. The monoisotopic (exact) mass is 486 g/mol. The zero-order valence-corrected chi connectivity index (χ0v) is 19.0. The van der Waals surface area contributed by atoms with Gasteiger partial charge in [-0.15, -0.1) is 0 Å². The van der Waals surface area contributed by atoms with Crippen molar-refractivity contribution in [1.29, 1.82) is 0 Å². The summed E-state index contributed by atoms with van der Waals surface area (Å²) >= 11 is 11.9. The van der Waals surface area contributed by atoms with Gasteiger partial charge in [0.15, 0.2) is 5.78 Å². The van der Waals surface area contributed by atoms with E-state index in [0.29, 0.717) is 41.5 Å². The van der Waals surface area contributed by atoms with Crippen molar-refractivity contribution in [3.8, 4) is 0 Å². The molecule has 0 saturated carbocycles. The Morgan fingerprint density at radius 3 is 2.35 bits per heavy atom. The molecule has 3 rings (SSSR count). The number of likely N-dealkylation sites (tertiary alicyclic amines) is 1. The first-order valence-electron chi connectivity index (χ1n) is 9.65. The Balaban J connectivity index is 1.60. The number of nitrogens with one attached hydrogen (secondary N) is 1. The highest BCUT2D eigenvalue weighted by Crippen LogP contribution is 2.27. The molecule has 0 aromatic heterocycles. The molecule has 1 amide bonds. The van der Waals surface area contributed by atoms with E-state index in [0.717, 1.165) is 12.1 Å². The lowest BCUT2D eigenvalue weighted by molar-refractivity contribution is -0.133. The summed E-state index contributed by atoms with van der Waals surface area (Å²) in [5.41, 5.74) is 0.463. The molecule has 10 heteroatoms. The number of carbonyl (C=O) groups excluding carboxylic acids is 2. The van der Waals surface area contributed by atoms with Gasteiger partial charge in [-0.2, -0.15) is 4.72 Å². The van der Waals surface area contributed by atoms with Gasteiger partial charge in [-0.25, -0.2) is 12.8 Å². The lowest BCUT2D eigenvalue weighted by atomic mass is 9.88. The average Bonchev–Trinajstić information content (AvgIpc) is 2.74. The van der Waals surface area contributed by atoms with E-state index < -0.39 is 32.7 Å². The molecule has 0 spiro atoms. The molecule has 0 radical (unpaired) electrons. The van der Waals surface area contributed by atoms with Gasteiger partial charge in [-0.3, -0.25) is 9.59 Å². The fourth-order valence-electron chi connectivity index (χ4n) is 3.53. The number of benzene rings is 2. The molecule has 1 aliphatic heterocycles. The topological polar surface area (TPSA) is 83.6 Å². The highest BCUT2D eigenvalue weighted by atomic mass is 35.5. The van der Waals surface area contributed by atoms with E-state index in [1.807, 2.05) is 0 Å². The predicted octanol–water partition coefficient (Wildman–Crippen LogP) is 3.92. The van der Waals surface area contributed by atoms with Gasteiger partial charge in [0, 0.05) is 24.6 Å². The first-order valence-corrected chi connectivity index (χ1v) is 11.9. The number of Topliss-reactive ketones (excluding diaryl/α,β-unsaturated/α-hetero) is 1. The van der Waals surface area contributed by atoms with Gasteiger partial charge in [0.05, 0.1) is 16.1 Å². The van der Waals surface area contributed by atoms with Crippen molar-refractivity contribution in [3.63, 3.8) is 0 Å². The summed E-state index contributed by atoms with van der Waals surface area (Å²) in [6, 6.07) is 8.60. The Morgan fingerprint density at radius 2 is 1.74 bits per heavy atom. The van der Waals surface area contributed by atoms with E-state index >= 15 is 0 Å². The number of ketones is 1. The molecule has 0 aliphatic carbocycles. The molecule has 1 heterocycles. The summed E-state index contributed by atoms with van der Waals surface area (Å²) in [4.78, 5) is 26.4. The molecule has 1 atom stereocenters. The Labute approximate surface area is 190 Å². The van der Waals surface area contributed by atoms with Crippen LogP contribution in [-0.4, -0.2) is 44.1 Å². The number of sulfonamides is 1. The molecule has 1 saturated heterocycles. The number of piperidine rings is 1. The van der Waals surface area contributed by atoms with Gasteiger partial charge in [0.25, 0.3) is 0 Å². The second-order valence-corrected chi connectivity index (χ2v) is 9.86. The standard InChI is InChI=1S/C21H21Cl2FN2O4S/c1-13(25-31(29,30)19-5-3-2-4-18(19)24)21(28)26-10-8-14(9-11-26)20(27)15-6-7-16(22)17(23)12-15/h2-7,12-14,25H,8-11H2,1H3/t13-/m0/s1. The van der Waals surface area contributed by atoms with Crippen LogP contribution in [0, 0.1) is 11.7 Å². The fraction of sp³-hybridized carbons (Fsp3) is 0.333. The molecule has 0 unspecified atom stereocenters. The van der Waals surface area contributed by atoms with Crippen LogP contribution in [0.5, 0.6) is 0 Å². The van der Waals surface area contributed by atoms with Crippen molar-refractivity contribution in [3.05, 3.63) is 63.9 Å². The second-order valence-electron chi connectivity index (χ2n) is 7.37. The van der Waals surface area contributed by atoms with Gasteiger partial charge in [-0.05, 0) is 50.1 Å². The van der Waals surface area contributed by atoms with Crippen molar-refractivity contribution in [2.75, 3.05) is 13.1 Å². The molecule has 1 aliphatic rings. The number of rotatable bonds is 6. The SMILES string of the molecule is C[C@H](NS(=O)(=O)c1ccccc1F)C(=O)N1CCC(C(=O)c2ccc(Cl)c(Cl)c2)CC1. The van der Waals surface area contributed by atoms with Crippen LogP contribution in [0.2, 0.25) is 10.0 Å². The van der Waals surface area contributed by atoms with Crippen molar-refractivity contribution in [2.45, 2.75) is 30.7 Å². The molecule has 2 aromatic rings. The minimum absolute atomic E-state index is 0.0704. The van der Waals surface area contributed by atoms with Gasteiger partial charge >= 0.3 is 0 Å². The van der Waals surface area contributed by atoms with Gasteiger partial charge < -0.3 is 4.90 Å². The maximum atomic E-state index is 13.8. The summed E-state index contributed by atoms with van der Waals surface area (Å²) in [5.74, 6) is -1.66.